The van der Waals surface area contributed by atoms with Gasteiger partial charge in [0.1, 0.15) is 5.82 Å². The van der Waals surface area contributed by atoms with Crippen molar-refractivity contribution in [3.63, 3.8) is 0 Å². The summed E-state index contributed by atoms with van der Waals surface area (Å²) in [6.07, 6.45) is 5.21. The Morgan fingerprint density at radius 2 is 1.76 bits per heavy atom. The highest BCUT2D eigenvalue weighted by molar-refractivity contribution is 6.09. The molecule has 1 saturated heterocycles. The quantitative estimate of drug-likeness (QED) is 0.585. The molecule has 2 aromatic heterocycles. The first kappa shape index (κ1) is 23.4. The largest absolute Gasteiger partial charge is 0.372 e. The van der Waals surface area contributed by atoms with Crippen LogP contribution >= 0.6 is 0 Å². The van der Waals surface area contributed by atoms with Crippen molar-refractivity contribution in [2.45, 2.75) is 39.5 Å². The fraction of sp³-hybridized carbons (Fsp3) is 0.308. The zero-order chi connectivity index (χ0) is 24.1. The second-order valence-electron chi connectivity index (χ2n) is 8.56. The van der Waals surface area contributed by atoms with E-state index in [9.17, 15) is 9.59 Å². The van der Waals surface area contributed by atoms with E-state index in [1.807, 2.05) is 25.1 Å². The predicted octanol–water partition coefficient (Wildman–Crippen LogP) is 3.58. The lowest BCUT2D eigenvalue weighted by Gasteiger charge is -2.36. The van der Waals surface area contributed by atoms with E-state index in [0.717, 1.165) is 30.0 Å². The van der Waals surface area contributed by atoms with Crippen LogP contribution < -0.4 is 15.5 Å². The molecule has 1 aliphatic rings. The molecule has 0 aliphatic carbocycles. The van der Waals surface area contributed by atoms with E-state index < -0.39 is 0 Å². The Morgan fingerprint density at radius 1 is 1.03 bits per heavy atom. The third-order valence-corrected chi connectivity index (χ3v) is 5.70. The molecule has 0 bridgehead atoms. The van der Waals surface area contributed by atoms with E-state index in [4.69, 9.17) is 4.74 Å². The molecule has 8 nitrogen and oxygen atoms in total. The van der Waals surface area contributed by atoms with E-state index in [1.54, 1.807) is 42.9 Å². The number of para-hydroxylation sites is 1. The SMILES string of the molecule is Cc1cccc(C(=O)NCc2ccc(N3CC(C)OC(C)C3)nc2)c1NC(=O)c1ccncc1. The van der Waals surface area contributed by atoms with Gasteiger partial charge < -0.3 is 20.3 Å². The van der Waals surface area contributed by atoms with Gasteiger partial charge in [-0.25, -0.2) is 4.98 Å². The van der Waals surface area contributed by atoms with Crippen LogP contribution in [0.4, 0.5) is 11.5 Å². The zero-order valence-corrected chi connectivity index (χ0v) is 19.6. The number of carbonyl (C=O) groups excluding carboxylic acids is 2. The maximum atomic E-state index is 13.0. The van der Waals surface area contributed by atoms with Gasteiger partial charge in [-0.1, -0.05) is 18.2 Å². The Kier molecular flexibility index (Phi) is 7.18. The number of morpholine rings is 1. The van der Waals surface area contributed by atoms with Crippen LogP contribution in [0.25, 0.3) is 0 Å². The third-order valence-electron chi connectivity index (χ3n) is 5.70. The smallest absolute Gasteiger partial charge is 0.255 e. The zero-order valence-electron chi connectivity index (χ0n) is 19.6. The van der Waals surface area contributed by atoms with Gasteiger partial charge in [0, 0.05) is 43.8 Å². The molecule has 2 unspecified atom stereocenters. The topological polar surface area (TPSA) is 96.5 Å². The average molecular weight is 460 g/mol. The number of nitrogens with one attached hydrogen (secondary N) is 2. The minimum absolute atomic E-state index is 0.159. The molecule has 3 aromatic rings. The van der Waals surface area contributed by atoms with Crippen molar-refractivity contribution in [1.29, 1.82) is 0 Å². The number of carbonyl (C=O) groups is 2. The predicted molar refractivity (Wildman–Crippen MR) is 131 cm³/mol. The molecule has 8 heteroatoms. The molecule has 0 saturated carbocycles. The Hall–Kier alpha value is -3.78. The van der Waals surface area contributed by atoms with E-state index in [0.29, 0.717) is 23.4 Å². The molecule has 1 aromatic carbocycles. The minimum Gasteiger partial charge on any atom is -0.372 e. The molecule has 2 N–H and O–H groups in total. The molecule has 34 heavy (non-hydrogen) atoms. The normalized spacial score (nSPS) is 17.8. The van der Waals surface area contributed by atoms with Crippen molar-refractivity contribution in [1.82, 2.24) is 15.3 Å². The van der Waals surface area contributed by atoms with E-state index >= 15 is 0 Å². The van der Waals surface area contributed by atoms with Crippen LogP contribution in [0.2, 0.25) is 0 Å². The summed E-state index contributed by atoms with van der Waals surface area (Å²) in [7, 11) is 0. The number of nitrogens with zero attached hydrogens (tertiary/aromatic N) is 3. The number of rotatable bonds is 6. The first-order valence-electron chi connectivity index (χ1n) is 11.3. The summed E-state index contributed by atoms with van der Waals surface area (Å²) in [5.74, 6) is 0.336. The van der Waals surface area contributed by atoms with Crippen LogP contribution in [0.3, 0.4) is 0 Å². The van der Waals surface area contributed by atoms with E-state index in [1.165, 1.54) is 0 Å². The van der Waals surface area contributed by atoms with Crippen LogP contribution in [-0.2, 0) is 11.3 Å². The summed E-state index contributed by atoms with van der Waals surface area (Å²) in [5.41, 5.74) is 3.06. The Balaban J connectivity index is 1.41. The number of benzene rings is 1. The monoisotopic (exact) mass is 459 g/mol. The van der Waals surface area contributed by atoms with Crippen LogP contribution in [0.5, 0.6) is 0 Å². The summed E-state index contributed by atoms with van der Waals surface area (Å²) >= 11 is 0. The van der Waals surface area contributed by atoms with Crippen LogP contribution in [0.15, 0.2) is 61.1 Å². The van der Waals surface area contributed by atoms with Crippen LogP contribution in [0.1, 0.15) is 45.7 Å². The number of anilines is 2. The number of hydrogen-bond acceptors (Lipinski definition) is 6. The lowest BCUT2D eigenvalue weighted by molar-refractivity contribution is -0.00546. The van der Waals surface area contributed by atoms with Crippen molar-refractivity contribution < 1.29 is 14.3 Å². The lowest BCUT2D eigenvalue weighted by atomic mass is 10.1. The van der Waals surface area contributed by atoms with Gasteiger partial charge in [0.05, 0.1) is 23.5 Å². The lowest BCUT2D eigenvalue weighted by Crippen LogP contribution is -2.45. The highest BCUT2D eigenvalue weighted by atomic mass is 16.5. The molecule has 4 rings (SSSR count). The number of aryl methyl sites for hydroxylation is 1. The second-order valence-corrected chi connectivity index (χ2v) is 8.56. The highest BCUT2D eigenvalue weighted by Crippen LogP contribution is 2.22. The summed E-state index contributed by atoms with van der Waals surface area (Å²) in [5, 5.41) is 5.80. The molecule has 2 amide bonds. The number of pyridine rings is 2. The van der Waals surface area contributed by atoms with Gasteiger partial charge in [-0.3, -0.25) is 14.6 Å². The minimum atomic E-state index is -0.294. The van der Waals surface area contributed by atoms with Crippen LogP contribution in [0, 0.1) is 6.92 Å². The highest BCUT2D eigenvalue weighted by Gasteiger charge is 2.23. The van der Waals surface area contributed by atoms with Gasteiger partial charge in [-0.2, -0.15) is 0 Å². The molecular weight excluding hydrogens is 430 g/mol. The second kappa shape index (κ2) is 10.4. The van der Waals surface area contributed by atoms with E-state index in [2.05, 4.69) is 39.3 Å². The van der Waals surface area contributed by atoms with Crippen molar-refractivity contribution in [2.75, 3.05) is 23.3 Å². The Labute approximate surface area is 199 Å². The molecular formula is C26H29N5O3. The number of hydrogen-bond donors (Lipinski definition) is 2. The summed E-state index contributed by atoms with van der Waals surface area (Å²) in [6.45, 7) is 7.91. The van der Waals surface area contributed by atoms with Gasteiger partial charge in [-0.05, 0) is 56.2 Å². The number of ether oxygens (including phenoxy) is 1. The summed E-state index contributed by atoms with van der Waals surface area (Å²) in [6, 6.07) is 12.5. The Morgan fingerprint density at radius 3 is 2.44 bits per heavy atom. The maximum absolute atomic E-state index is 13.0. The number of aromatic nitrogens is 2. The first-order chi connectivity index (χ1) is 16.4. The van der Waals surface area contributed by atoms with Gasteiger partial charge in [0.25, 0.3) is 11.8 Å². The average Bonchev–Trinajstić information content (AvgIpc) is 2.84. The molecule has 3 heterocycles. The maximum Gasteiger partial charge on any atom is 0.255 e. The van der Waals surface area contributed by atoms with Crippen molar-refractivity contribution >= 4 is 23.3 Å². The summed E-state index contributed by atoms with van der Waals surface area (Å²) in [4.78, 5) is 36.3. The molecule has 2 atom stereocenters. The molecule has 0 spiro atoms. The van der Waals surface area contributed by atoms with Crippen LogP contribution in [-0.4, -0.2) is 47.1 Å². The fourth-order valence-electron chi connectivity index (χ4n) is 4.06. The Bertz CT molecular complexity index is 1140. The molecule has 176 valence electrons. The molecule has 1 aliphatic heterocycles. The number of amides is 2. The van der Waals surface area contributed by atoms with E-state index in [-0.39, 0.29) is 24.0 Å². The molecule has 0 radical (unpaired) electrons. The van der Waals surface area contributed by atoms with Crippen molar-refractivity contribution in [3.8, 4) is 0 Å². The van der Waals surface area contributed by atoms with Gasteiger partial charge >= 0.3 is 0 Å². The van der Waals surface area contributed by atoms with Crippen molar-refractivity contribution in [2.24, 2.45) is 0 Å². The standard InChI is InChI=1S/C26H29N5O3/c1-17-5-4-6-22(24(17)30-25(32)21-9-11-27-12-10-21)26(33)29-14-20-7-8-23(28-13-20)31-15-18(2)34-19(3)16-31/h4-13,18-19H,14-16H2,1-3H3,(H,29,33)(H,30,32). The third kappa shape index (κ3) is 5.58. The van der Waals surface area contributed by atoms with Gasteiger partial charge in [0.2, 0.25) is 0 Å². The first-order valence-corrected chi connectivity index (χ1v) is 11.3. The van der Waals surface area contributed by atoms with Gasteiger partial charge in [-0.15, -0.1) is 0 Å². The summed E-state index contributed by atoms with van der Waals surface area (Å²) < 4.78 is 5.79. The molecule has 1 fully saturated rings. The fourth-order valence-corrected chi connectivity index (χ4v) is 4.06. The van der Waals surface area contributed by atoms with Gasteiger partial charge in [0.15, 0.2) is 0 Å². The van der Waals surface area contributed by atoms with Crippen molar-refractivity contribution in [3.05, 3.63) is 83.3 Å².